The predicted octanol–water partition coefficient (Wildman–Crippen LogP) is 1.86. The van der Waals surface area contributed by atoms with E-state index in [1.165, 1.54) is 11.0 Å². The third kappa shape index (κ3) is 1.25. The minimum atomic E-state index is 1.21. The molecular formula is C5H8PS+. The number of thiophene rings is 1. The van der Waals surface area contributed by atoms with Crippen molar-refractivity contribution < 1.29 is 0 Å². The van der Waals surface area contributed by atoms with Crippen molar-refractivity contribution in [2.24, 2.45) is 0 Å². The summed E-state index contributed by atoms with van der Waals surface area (Å²) in [6, 6.07) is 4.26. The molecule has 0 bridgehead atoms. The normalized spacial score (nSPS) is 9.71. The fourth-order valence-corrected chi connectivity index (χ4v) is 1.58. The maximum absolute atomic E-state index is 2.16. The Labute approximate surface area is 49.8 Å². The van der Waals surface area contributed by atoms with Crippen LogP contribution in [0.15, 0.2) is 17.5 Å². The van der Waals surface area contributed by atoms with Gasteiger partial charge in [0.25, 0.3) is 0 Å². The summed E-state index contributed by atoms with van der Waals surface area (Å²) in [5, 5.41) is 2.11. The van der Waals surface area contributed by atoms with Crippen molar-refractivity contribution in [3.8, 4) is 0 Å². The Morgan fingerprint density at radius 3 is 2.86 bits per heavy atom. The van der Waals surface area contributed by atoms with Crippen LogP contribution in [-0.2, 0) is 6.16 Å². The highest BCUT2D eigenvalue weighted by Crippen LogP contribution is 2.11. The van der Waals surface area contributed by atoms with E-state index in [1.807, 2.05) is 20.6 Å². The Kier molecular flexibility index (Phi) is 1.84. The van der Waals surface area contributed by atoms with E-state index in [2.05, 4.69) is 17.5 Å². The largest absolute Gasteiger partial charge is 0.145 e. The molecule has 0 fully saturated rings. The van der Waals surface area contributed by atoms with Crippen LogP contribution < -0.4 is 0 Å². The van der Waals surface area contributed by atoms with Gasteiger partial charge in [0.15, 0.2) is 0 Å². The molecule has 0 saturated heterocycles. The van der Waals surface area contributed by atoms with Crippen molar-refractivity contribution in [3.05, 3.63) is 22.4 Å². The minimum absolute atomic E-state index is 1.21. The van der Waals surface area contributed by atoms with Crippen LogP contribution in [0.3, 0.4) is 0 Å². The van der Waals surface area contributed by atoms with Crippen molar-refractivity contribution in [2.75, 3.05) is 0 Å². The van der Waals surface area contributed by atoms with Crippen molar-refractivity contribution in [1.29, 1.82) is 0 Å². The van der Waals surface area contributed by atoms with Gasteiger partial charge in [-0.3, -0.25) is 0 Å². The molecule has 0 radical (unpaired) electrons. The molecule has 1 aromatic rings. The van der Waals surface area contributed by atoms with Crippen molar-refractivity contribution in [3.63, 3.8) is 0 Å². The van der Waals surface area contributed by atoms with Crippen LogP contribution in [0.25, 0.3) is 0 Å². The van der Waals surface area contributed by atoms with Crippen molar-refractivity contribution >= 4 is 20.6 Å². The quantitative estimate of drug-likeness (QED) is 0.510. The lowest BCUT2D eigenvalue weighted by Crippen LogP contribution is -1.57. The molecule has 1 unspecified atom stereocenters. The van der Waals surface area contributed by atoms with E-state index in [0.717, 1.165) is 0 Å². The van der Waals surface area contributed by atoms with Crippen LogP contribution in [0, 0.1) is 0 Å². The van der Waals surface area contributed by atoms with E-state index >= 15 is 0 Å². The molecule has 1 aromatic heterocycles. The summed E-state index contributed by atoms with van der Waals surface area (Å²) in [5.74, 6) is 0. The summed E-state index contributed by atoms with van der Waals surface area (Å²) < 4.78 is 0. The topological polar surface area (TPSA) is 0 Å². The summed E-state index contributed by atoms with van der Waals surface area (Å²) in [6.45, 7) is 0. The lowest BCUT2D eigenvalue weighted by atomic mass is 10.5. The maximum Gasteiger partial charge on any atom is 0.0866 e. The first-order valence-corrected chi connectivity index (χ1v) is 4.13. The molecule has 0 saturated carbocycles. The van der Waals surface area contributed by atoms with Gasteiger partial charge in [0.2, 0.25) is 0 Å². The average molecular weight is 131 g/mol. The zero-order valence-corrected chi connectivity index (χ0v) is 6.29. The Balaban J connectivity index is 2.76. The van der Waals surface area contributed by atoms with E-state index in [-0.39, 0.29) is 0 Å². The first kappa shape index (κ1) is 5.27. The molecule has 0 aliphatic heterocycles. The van der Waals surface area contributed by atoms with Gasteiger partial charge >= 0.3 is 0 Å². The van der Waals surface area contributed by atoms with Crippen molar-refractivity contribution in [2.45, 2.75) is 6.16 Å². The van der Waals surface area contributed by atoms with Crippen LogP contribution in [0.1, 0.15) is 4.88 Å². The van der Waals surface area contributed by atoms with Crippen molar-refractivity contribution in [1.82, 2.24) is 0 Å². The van der Waals surface area contributed by atoms with E-state index in [1.54, 1.807) is 0 Å². The standard InChI is InChI=1S/C5H7PS/c6-4-5-2-1-3-7-5/h1-3H,4,6H2/p+1. The molecule has 38 valence electrons. The van der Waals surface area contributed by atoms with Gasteiger partial charge < -0.3 is 0 Å². The van der Waals surface area contributed by atoms with Gasteiger partial charge in [-0.25, -0.2) is 0 Å². The third-order valence-corrected chi connectivity index (χ3v) is 2.66. The van der Waals surface area contributed by atoms with E-state index in [9.17, 15) is 0 Å². The number of hydrogen-bond donors (Lipinski definition) is 0. The van der Waals surface area contributed by atoms with Gasteiger partial charge in [-0.1, -0.05) is 6.07 Å². The molecule has 1 atom stereocenters. The smallest absolute Gasteiger partial charge is 0.0866 e. The number of rotatable bonds is 1. The fourth-order valence-electron chi connectivity index (χ4n) is 0.455. The van der Waals surface area contributed by atoms with Gasteiger partial charge in [-0.2, -0.15) is 0 Å². The Morgan fingerprint density at radius 2 is 2.57 bits per heavy atom. The molecule has 0 N–H and O–H groups in total. The van der Waals surface area contributed by atoms with Crippen LogP contribution >= 0.6 is 20.6 Å². The first-order valence-electron chi connectivity index (χ1n) is 2.25. The molecule has 0 aliphatic carbocycles. The van der Waals surface area contributed by atoms with Gasteiger partial charge in [0, 0.05) is 4.88 Å². The Morgan fingerprint density at radius 1 is 1.71 bits per heavy atom. The molecular weight excluding hydrogens is 123 g/mol. The second-order valence-electron chi connectivity index (χ2n) is 1.33. The summed E-state index contributed by atoms with van der Waals surface area (Å²) in [4.78, 5) is 1.48. The first-order chi connectivity index (χ1) is 3.43. The highest BCUT2D eigenvalue weighted by Gasteiger charge is 1.86. The minimum Gasteiger partial charge on any atom is -0.145 e. The lowest BCUT2D eigenvalue weighted by molar-refractivity contribution is 1.56. The molecule has 0 spiro atoms. The van der Waals surface area contributed by atoms with Crippen LogP contribution in [0.5, 0.6) is 0 Å². The molecule has 0 nitrogen and oxygen atoms in total. The van der Waals surface area contributed by atoms with E-state index in [4.69, 9.17) is 0 Å². The van der Waals surface area contributed by atoms with E-state index in [0.29, 0.717) is 0 Å². The molecule has 1 heterocycles. The van der Waals surface area contributed by atoms with Crippen LogP contribution in [0.4, 0.5) is 0 Å². The second kappa shape index (κ2) is 2.44. The summed E-state index contributed by atoms with van der Waals surface area (Å²) >= 11 is 1.83. The maximum atomic E-state index is 2.16. The highest BCUT2D eigenvalue weighted by atomic mass is 32.1. The summed E-state index contributed by atoms with van der Waals surface area (Å²) in [7, 11) is 2.00. The molecule has 1 rings (SSSR count). The Bertz CT molecular complexity index is 123. The molecule has 7 heavy (non-hydrogen) atoms. The molecule has 0 aromatic carbocycles. The monoisotopic (exact) mass is 131 g/mol. The molecule has 0 amide bonds. The Hall–Kier alpha value is 0.130. The van der Waals surface area contributed by atoms with Crippen LogP contribution in [-0.4, -0.2) is 0 Å². The van der Waals surface area contributed by atoms with Gasteiger partial charge in [-0.15, -0.1) is 11.3 Å². The van der Waals surface area contributed by atoms with Gasteiger partial charge in [-0.05, 0) is 20.7 Å². The van der Waals surface area contributed by atoms with Gasteiger partial charge in [0.05, 0.1) is 6.16 Å². The molecule has 0 aliphatic rings. The fraction of sp³-hybridized carbons (Fsp3) is 0.200. The SMILES string of the molecule is [PH3+]Cc1cccs1. The average Bonchev–Trinajstić information content (AvgIpc) is 2.14. The van der Waals surface area contributed by atoms with Crippen LogP contribution in [0.2, 0.25) is 0 Å². The van der Waals surface area contributed by atoms with E-state index < -0.39 is 0 Å². The lowest BCUT2D eigenvalue weighted by Gasteiger charge is -1.73. The zero-order chi connectivity index (χ0) is 5.11. The molecule has 2 heteroatoms. The summed E-state index contributed by atoms with van der Waals surface area (Å²) in [5.41, 5.74) is 0. The third-order valence-electron chi connectivity index (χ3n) is 0.827. The zero-order valence-electron chi connectivity index (χ0n) is 4.05. The number of hydrogen-bond acceptors (Lipinski definition) is 1. The predicted molar refractivity (Wildman–Crippen MR) is 39.1 cm³/mol. The second-order valence-corrected chi connectivity index (χ2v) is 2.86. The highest BCUT2D eigenvalue weighted by molar-refractivity contribution is 7.18. The summed E-state index contributed by atoms with van der Waals surface area (Å²) in [6.07, 6.45) is 1.21. The van der Waals surface area contributed by atoms with Gasteiger partial charge in [0.1, 0.15) is 0 Å².